The number of hydrogen-bond donors (Lipinski definition) is 4. The van der Waals surface area contributed by atoms with Gasteiger partial charge in [0, 0.05) is 109 Å². The van der Waals surface area contributed by atoms with E-state index in [9.17, 15) is 32.7 Å². The lowest BCUT2D eigenvalue weighted by molar-refractivity contribution is -0.135. The zero-order valence-electron chi connectivity index (χ0n) is 39.7. The van der Waals surface area contributed by atoms with Crippen LogP contribution in [0.3, 0.4) is 0 Å². The van der Waals surface area contributed by atoms with Crippen LogP contribution in [-0.2, 0) is 42.6 Å². The number of imide groups is 1. The minimum Gasteiger partial charge on any atom is -0.393 e. The monoisotopic (exact) mass is 970 g/mol. The molecule has 3 aliphatic rings. The molecule has 4 N–H and O–H groups in total. The summed E-state index contributed by atoms with van der Waals surface area (Å²) < 4.78 is 45.8. The number of sulfonamides is 1. The molecule has 2 aliphatic heterocycles. The highest BCUT2D eigenvalue weighted by molar-refractivity contribution is 7.89. The molecule has 1 saturated carbocycles. The number of anilines is 1. The van der Waals surface area contributed by atoms with Gasteiger partial charge >= 0.3 is 11.7 Å². The van der Waals surface area contributed by atoms with Crippen LogP contribution in [0, 0.1) is 0 Å². The first-order valence-electron chi connectivity index (χ1n) is 24.6. The van der Waals surface area contributed by atoms with Crippen LogP contribution in [0.1, 0.15) is 95.2 Å². The number of ether oxygens (including phenoxy) is 2. The number of urea groups is 1. The molecule has 1 aliphatic carbocycles. The number of carbonyl (C=O) groups is 3. The number of piperazine rings is 1. The number of imidazole rings is 1. The zero-order chi connectivity index (χ0) is 48.5. The number of para-hydroxylation sites is 1. The molecule has 5 aromatic rings. The van der Waals surface area contributed by atoms with Gasteiger partial charge in [-0.05, 0) is 93.5 Å². The van der Waals surface area contributed by atoms with Gasteiger partial charge in [-0.3, -0.25) is 24.0 Å². The van der Waals surface area contributed by atoms with Crippen molar-refractivity contribution in [3.8, 4) is 11.1 Å². The maximum Gasteiger partial charge on any atom is 0.329 e. The van der Waals surface area contributed by atoms with Crippen molar-refractivity contribution in [3.05, 3.63) is 70.9 Å². The molecular formula is C49H66N10O9S. The van der Waals surface area contributed by atoms with Crippen LogP contribution in [0.4, 0.5) is 10.7 Å². The summed E-state index contributed by atoms with van der Waals surface area (Å²) in [5.41, 5.74) is 4.76. The smallest absolute Gasteiger partial charge is 0.329 e. The van der Waals surface area contributed by atoms with Gasteiger partial charge in [-0.2, -0.15) is 9.29 Å². The van der Waals surface area contributed by atoms with Crippen LogP contribution in [-0.4, -0.2) is 136 Å². The average molecular weight is 971 g/mol. The van der Waals surface area contributed by atoms with E-state index >= 15 is 0 Å². The van der Waals surface area contributed by atoms with Gasteiger partial charge in [0.05, 0.1) is 22.0 Å². The van der Waals surface area contributed by atoms with Crippen LogP contribution in [0.15, 0.2) is 64.5 Å². The Hall–Kier alpha value is -5.67. The number of fused-ring (bicyclic) bond motifs is 2. The molecule has 2 aromatic carbocycles. The van der Waals surface area contributed by atoms with Crippen molar-refractivity contribution < 1.29 is 37.4 Å². The molecule has 0 spiro atoms. The highest BCUT2D eigenvalue weighted by atomic mass is 32.2. The van der Waals surface area contributed by atoms with E-state index in [1.54, 1.807) is 28.6 Å². The molecule has 3 fully saturated rings. The first-order valence-corrected chi connectivity index (χ1v) is 26.0. The van der Waals surface area contributed by atoms with Gasteiger partial charge in [0.25, 0.3) is 0 Å². The van der Waals surface area contributed by atoms with Gasteiger partial charge in [0.1, 0.15) is 11.7 Å². The molecule has 0 radical (unpaired) electrons. The molecule has 1 unspecified atom stereocenters. The summed E-state index contributed by atoms with van der Waals surface area (Å²) in [6.07, 6.45) is 12.2. The molecule has 69 heavy (non-hydrogen) atoms. The number of nitrogens with zero attached hydrogens (tertiary/aromatic N) is 7. The lowest BCUT2D eigenvalue weighted by Crippen LogP contribution is -2.53. The van der Waals surface area contributed by atoms with Crippen LogP contribution in [0.2, 0.25) is 0 Å². The molecule has 5 heterocycles. The topological polar surface area (TPSA) is 224 Å². The number of rotatable bonds is 21. The summed E-state index contributed by atoms with van der Waals surface area (Å²) in [5.74, 6) is -0.196. The second-order valence-electron chi connectivity index (χ2n) is 18.3. The highest BCUT2D eigenvalue weighted by Crippen LogP contribution is 2.37. The molecular weight excluding hydrogens is 905 g/mol. The van der Waals surface area contributed by atoms with Gasteiger partial charge in [-0.1, -0.05) is 37.6 Å². The predicted molar refractivity (Wildman–Crippen MR) is 261 cm³/mol. The van der Waals surface area contributed by atoms with E-state index < -0.39 is 22.0 Å². The molecule has 2 saturated heterocycles. The number of piperidine rings is 1. The van der Waals surface area contributed by atoms with Gasteiger partial charge in [-0.25, -0.2) is 23.0 Å². The molecule has 8 rings (SSSR count). The summed E-state index contributed by atoms with van der Waals surface area (Å²) >= 11 is 0. The summed E-state index contributed by atoms with van der Waals surface area (Å²) in [6, 6.07) is 11.9. The molecule has 0 bridgehead atoms. The third-order valence-electron chi connectivity index (χ3n) is 13.5. The predicted octanol–water partition coefficient (Wildman–Crippen LogP) is 4.88. The Bertz CT molecular complexity index is 2760. The molecule has 19 nitrogen and oxygen atoms in total. The third-order valence-corrected chi connectivity index (χ3v) is 15.4. The summed E-state index contributed by atoms with van der Waals surface area (Å²) in [5, 5.41) is 19.7. The minimum atomic E-state index is -3.79. The fourth-order valence-corrected chi connectivity index (χ4v) is 11.1. The number of aromatic nitrogens is 5. The second-order valence-corrected chi connectivity index (χ2v) is 20.2. The fraction of sp³-hybridized carbons (Fsp3) is 0.551. The van der Waals surface area contributed by atoms with E-state index in [1.165, 1.54) is 8.87 Å². The standard InChI is InChI=1S/C49H66N10O9S/c1-3-4-22-50-47-52-32-39-40(33-58(45(39)54-47)36-14-16-37(60)17-15-36)34-12-18-38(19-13-34)69(65,66)57-26-24-56(25-27-57)48(63)51-23-7-29-68-31-8-30-67-28-6-10-35-9-5-11-41-44(35)55(2)49(64)59(41)42-20-21-43(61)53-46(42)62/h5,9,11-13,18-19,32-33,36-37,42,60H,3-4,6-8,10,14-17,20-31H2,1-2H3,(H,51,63)(H,50,52,54)(H,53,61,62)/t36-,37-,42?. The van der Waals surface area contributed by atoms with Crippen molar-refractivity contribution in [1.29, 1.82) is 0 Å². The largest absolute Gasteiger partial charge is 0.393 e. The fourth-order valence-electron chi connectivity index (χ4n) is 9.69. The minimum absolute atomic E-state index is 0.191. The normalized spacial score (nSPS) is 19.3. The SMILES string of the molecule is CCCCNc1ncc2c(-c3ccc(S(=O)(=O)N4CCN(C(=O)NCCCOCCCOCCCc5cccc6c5n(C)c(=O)n6C5CCC(=O)NC5=O)CC4)cc3)cn([C@H]3CC[C@H](O)CC3)c2n1. The number of unbranched alkanes of at least 4 members (excludes halogenated alkanes) is 1. The average Bonchev–Trinajstić information content (AvgIpc) is 3.85. The van der Waals surface area contributed by atoms with Gasteiger partial charge in [0.15, 0.2) is 0 Å². The van der Waals surface area contributed by atoms with E-state index in [1.807, 2.05) is 36.5 Å². The third kappa shape index (κ3) is 11.5. The van der Waals surface area contributed by atoms with Gasteiger partial charge in [-0.15, -0.1) is 0 Å². The van der Waals surface area contributed by atoms with Crippen LogP contribution >= 0.6 is 0 Å². The summed E-state index contributed by atoms with van der Waals surface area (Å²) in [7, 11) is -2.09. The molecule has 4 amide bonds. The van der Waals surface area contributed by atoms with Crippen molar-refractivity contribution in [2.75, 3.05) is 71.0 Å². The number of hydrogen-bond acceptors (Lipinski definition) is 12. The number of amides is 4. The Labute approximate surface area is 402 Å². The van der Waals surface area contributed by atoms with Crippen molar-refractivity contribution in [2.24, 2.45) is 7.05 Å². The number of nitrogens with one attached hydrogen (secondary N) is 3. The summed E-state index contributed by atoms with van der Waals surface area (Å²) in [4.78, 5) is 61.7. The quantitative estimate of drug-likeness (QED) is 0.0571. The van der Waals surface area contributed by atoms with Crippen molar-refractivity contribution in [1.82, 2.24) is 43.5 Å². The lowest BCUT2D eigenvalue weighted by atomic mass is 9.93. The van der Waals surface area contributed by atoms with Gasteiger partial charge < -0.3 is 34.7 Å². The Kier molecular flexibility index (Phi) is 16.5. The molecule has 3 aromatic heterocycles. The van der Waals surface area contributed by atoms with E-state index in [-0.39, 0.29) is 73.7 Å². The van der Waals surface area contributed by atoms with E-state index in [0.29, 0.717) is 57.3 Å². The Balaban J connectivity index is 0.723. The Morgan fingerprint density at radius 1 is 0.884 bits per heavy atom. The number of carbonyl (C=O) groups excluding carboxylic acids is 3. The number of aryl methyl sites for hydroxylation is 2. The van der Waals surface area contributed by atoms with Gasteiger partial charge in [0.2, 0.25) is 27.8 Å². The zero-order valence-corrected chi connectivity index (χ0v) is 40.6. The lowest BCUT2D eigenvalue weighted by Gasteiger charge is -2.34. The second kappa shape index (κ2) is 22.8. The first-order chi connectivity index (χ1) is 33.4. The Morgan fingerprint density at radius 2 is 1.61 bits per heavy atom. The molecule has 372 valence electrons. The van der Waals surface area contributed by atoms with E-state index in [0.717, 1.165) is 91.2 Å². The van der Waals surface area contributed by atoms with E-state index in [4.69, 9.17) is 14.5 Å². The van der Waals surface area contributed by atoms with Crippen LogP contribution < -0.4 is 21.6 Å². The maximum atomic E-state index is 13.8. The van der Waals surface area contributed by atoms with Crippen LogP contribution in [0.5, 0.6) is 0 Å². The van der Waals surface area contributed by atoms with Crippen LogP contribution in [0.25, 0.3) is 33.2 Å². The summed E-state index contributed by atoms with van der Waals surface area (Å²) in [6.45, 7) is 6.36. The maximum absolute atomic E-state index is 13.8. The van der Waals surface area contributed by atoms with Crippen molar-refractivity contribution >= 4 is 55.9 Å². The Morgan fingerprint density at radius 3 is 2.33 bits per heavy atom. The van der Waals surface area contributed by atoms with Crippen molar-refractivity contribution in [2.45, 2.75) is 107 Å². The van der Waals surface area contributed by atoms with Crippen molar-refractivity contribution in [3.63, 3.8) is 0 Å². The number of benzene rings is 2. The molecule has 1 atom stereocenters. The highest BCUT2D eigenvalue weighted by Gasteiger charge is 2.33. The van der Waals surface area contributed by atoms with E-state index in [2.05, 4.69) is 38.6 Å². The number of aliphatic hydroxyl groups excluding tert-OH is 1. The first kappa shape index (κ1) is 49.7. The molecule has 20 heteroatoms. The number of aliphatic hydroxyl groups is 1.